The molecule has 0 saturated heterocycles. The van der Waals surface area contributed by atoms with Crippen molar-refractivity contribution in [1.29, 1.82) is 0 Å². The van der Waals surface area contributed by atoms with Gasteiger partial charge in [0.05, 0.1) is 12.7 Å². The van der Waals surface area contributed by atoms with Crippen LogP contribution in [0.15, 0.2) is 41.7 Å². The van der Waals surface area contributed by atoms with Crippen molar-refractivity contribution in [1.82, 2.24) is 29.5 Å². The molecule has 0 aliphatic carbocycles. The first-order chi connectivity index (χ1) is 9.17. The standard InChI is InChI=1S/C10H10N6O2S/c17-19(18,10-4-5-11-15-10)12-7-9-14-13-8-3-1-2-6-16(8)9/h1-6,12H,7H2,(H,11,15). The van der Waals surface area contributed by atoms with Crippen molar-refractivity contribution in [2.75, 3.05) is 0 Å². The normalized spacial score (nSPS) is 12.0. The van der Waals surface area contributed by atoms with Gasteiger partial charge in [0.1, 0.15) is 0 Å². The van der Waals surface area contributed by atoms with Gasteiger partial charge < -0.3 is 0 Å². The van der Waals surface area contributed by atoms with Gasteiger partial charge in [-0.25, -0.2) is 13.1 Å². The Labute approximate surface area is 108 Å². The van der Waals surface area contributed by atoms with E-state index in [2.05, 4.69) is 25.1 Å². The van der Waals surface area contributed by atoms with Gasteiger partial charge in [-0.1, -0.05) is 6.07 Å². The van der Waals surface area contributed by atoms with Gasteiger partial charge in [0.25, 0.3) is 10.0 Å². The van der Waals surface area contributed by atoms with Gasteiger partial charge in [0.2, 0.25) is 0 Å². The van der Waals surface area contributed by atoms with Crippen LogP contribution in [-0.4, -0.2) is 33.2 Å². The van der Waals surface area contributed by atoms with E-state index in [0.29, 0.717) is 11.5 Å². The first kappa shape index (κ1) is 11.8. The van der Waals surface area contributed by atoms with Crippen molar-refractivity contribution >= 4 is 15.7 Å². The predicted octanol–water partition coefficient (Wildman–Crippen LogP) is -0.0691. The highest BCUT2D eigenvalue weighted by molar-refractivity contribution is 7.89. The maximum Gasteiger partial charge on any atom is 0.257 e. The summed E-state index contributed by atoms with van der Waals surface area (Å²) in [5.74, 6) is 0.513. The number of pyridine rings is 1. The van der Waals surface area contributed by atoms with E-state index in [4.69, 9.17) is 0 Å². The molecule has 0 radical (unpaired) electrons. The smallest absolute Gasteiger partial charge is 0.257 e. The number of nitrogens with one attached hydrogen (secondary N) is 2. The molecule has 3 aromatic rings. The largest absolute Gasteiger partial charge is 0.285 e. The van der Waals surface area contributed by atoms with Crippen molar-refractivity contribution in [3.8, 4) is 0 Å². The lowest BCUT2D eigenvalue weighted by atomic mass is 10.5. The van der Waals surface area contributed by atoms with Crippen molar-refractivity contribution in [3.05, 3.63) is 42.5 Å². The molecule has 0 aliphatic rings. The van der Waals surface area contributed by atoms with Crippen LogP contribution in [0.2, 0.25) is 0 Å². The fraction of sp³-hybridized carbons (Fsp3) is 0.100. The molecule has 8 nitrogen and oxygen atoms in total. The van der Waals surface area contributed by atoms with Crippen LogP contribution >= 0.6 is 0 Å². The van der Waals surface area contributed by atoms with E-state index in [0.717, 1.165) is 0 Å². The van der Waals surface area contributed by atoms with Crippen LogP contribution < -0.4 is 4.72 Å². The Hall–Kier alpha value is -2.26. The zero-order valence-electron chi connectivity index (χ0n) is 9.68. The molecule has 0 aromatic carbocycles. The number of sulfonamides is 1. The molecule has 3 heterocycles. The number of hydrogen-bond acceptors (Lipinski definition) is 5. The summed E-state index contributed by atoms with van der Waals surface area (Å²) in [6.07, 6.45) is 3.15. The Morgan fingerprint density at radius 3 is 2.95 bits per heavy atom. The van der Waals surface area contributed by atoms with E-state index in [9.17, 15) is 8.42 Å². The minimum absolute atomic E-state index is 0.0151. The second kappa shape index (κ2) is 4.44. The van der Waals surface area contributed by atoms with E-state index in [1.54, 1.807) is 16.7 Å². The molecule has 0 saturated carbocycles. The fourth-order valence-corrected chi connectivity index (χ4v) is 2.53. The van der Waals surface area contributed by atoms with Gasteiger partial charge in [-0.05, 0) is 18.2 Å². The van der Waals surface area contributed by atoms with Crippen LogP contribution in [-0.2, 0) is 16.6 Å². The number of aromatic amines is 1. The lowest BCUT2D eigenvalue weighted by molar-refractivity contribution is 0.574. The summed E-state index contributed by atoms with van der Waals surface area (Å²) in [5.41, 5.74) is 0.665. The molecule has 0 bridgehead atoms. The molecule has 0 spiro atoms. The quantitative estimate of drug-likeness (QED) is 0.695. The topological polar surface area (TPSA) is 105 Å². The molecule has 3 aromatic heterocycles. The van der Waals surface area contributed by atoms with Crippen LogP contribution in [0.25, 0.3) is 5.65 Å². The lowest BCUT2D eigenvalue weighted by Crippen LogP contribution is -2.24. The molecule has 0 unspecified atom stereocenters. The SMILES string of the molecule is O=S(=O)(NCc1nnc2ccccn12)c1ccn[nH]1. The highest BCUT2D eigenvalue weighted by atomic mass is 32.2. The van der Waals surface area contributed by atoms with E-state index in [1.807, 2.05) is 12.1 Å². The van der Waals surface area contributed by atoms with Crippen LogP contribution in [0.4, 0.5) is 0 Å². The monoisotopic (exact) mass is 278 g/mol. The van der Waals surface area contributed by atoms with E-state index < -0.39 is 10.0 Å². The van der Waals surface area contributed by atoms with Crippen molar-refractivity contribution in [2.24, 2.45) is 0 Å². The summed E-state index contributed by atoms with van der Waals surface area (Å²) < 4.78 is 27.9. The predicted molar refractivity (Wildman–Crippen MR) is 65.6 cm³/mol. The summed E-state index contributed by atoms with van der Waals surface area (Å²) in [7, 11) is -3.61. The Bertz CT molecular complexity index is 792. The third-order valence-electron chi connectivity index (χ3n) is 2.57. The minimum atomic E-state index is -3.61. The first-order valence-electron chi connectivity index (χ1n) is 5.44. The summed E-state index contributed by atoms with van der Waals surface area (Å²) in [4.78, 5) is 0. The second-order valence-corrected chi connectivity index (χ2v) is 5.53. The Kier molecular flexibility index (Phi) is 2.76. The van der Waals surface area contributed by atoms with Crippen LogP contribution in [0, 0.1) is 0 Å². The zero-order valence-corrected chi connectivity index (χ0v) is 10.5. The third kappa shape index (κ3) is 2.20. The zero-order chi connectivity index (χ0) is 13.3. The molecule has 3 rings (SSSR count). The van der Waals surface area contributed by atoms with E-state index in [-0.39, 0.29) is 11.6 Å². The Morgan fingerprint density at radius 2 is 2.16 bits per heavy atom. The fourth-order valence-electron chi connectivity index (χ4n) is 1.64. The van der Waals surface area contributed by atoms with Gasteiger partial charge in [-0.2, -0.15) is 5.10 Å². The molecule has 98 valence electrons. The molecular formula is C10H10N6O2S. The van der Waals surface area contributed by atoms with Crippen LogP contribution in [0.1, 0.15) is 5.82 Å². The molecule has 2 N–H and O–H groups in total. The van der Waals surface area contributed by atoms with Crippen LogP contribution in [0.3, 0.4) is 0 Å². The molecule has 9 heteroatoms. The van der Waals surface area contributed by atoms with E-state index in [1.165, 1.54) is 12.3 Å². The molecule has 0 atom stereocenters. The number of rotatable bonds is 4. The Balaban J connectivity index is 1.83. The third-order valence-corrected chi connectivity index (χ3v) is 3.90. The number of nitrogens with zero attached hydrogens (tertiary/aromatic N) is 4. The van der Waals surface area contributed by atoms with Crippen LogP contribution in [0.5, 0.6) is 0 Å². The van der Waals surface area contributed by atoms with Gasteiger partial charge in [0.15, 0.2) is 16.5 Å². The van der Waals surface area contributed by atoms with Crippen molar-refractivity contribution in [2.45, 2.75) is 11.6 Å². The molecule has 0 aliphatic heterocycles. The second-order valence-electron chi connectivity index (χ2n) is 3.79. The minimum Gasteiger partial charge on any atom is -0.285 e. The van der Waals surface area contributed by atoms with Gasteiger partial charge in [0, 0.05) is 6.20 Å². The molecule has 0 amide bonds. The van der Waals surface area contributed by atoms with E-state index >= 15 is 0 Å². The van der Waals surface area contributed by atoms with Gasteiger partial charge in [-0.15, -0.1) is 10.2 Å². The highest BCUT2D eigenvalue weighted by Crippen LogP contribution is 2.06. The summed E-state index contributed by atoms with van der Waals surface area (Å²) in [5, 5.41) is 13.9. The van der Waals surface area contributed by atoms with Gasteiger partial charge in [-0.3, -0.25) is 9.50 Å². The lowest BCUT2D eigenvalue weighted by Gasteiger charge is -2.03. The highest BCUT2D eigenvalue weighted by Gasteiger charge is 2.16. The Morgan fingerprint density at radius 1 is 1.26 bits per heavy atom. The number of H-pyrrole nitrogens is 1. The number of hydrogen-bond donors (Lipinski definition) is 2. The summed E-state index contributed by atoms with van der Waals surface area (Å²) >= 11 is 0. The van der Waals surface area contributed by atoms with Gasteiger partial charge >= 0.3 is 0 Å². The average molecular weight is 278 g/mol. The maximum atomic E-state index is 11.9. The first-order valence-corrected chi connectivity index (χ1v) is 6.93. The number of fused-ring (bicyclic) bond motifs is 1. The molecule has 0 fully saturated rings. The summed E-state index contributed by atoms with van der Waals surface area (Å²) in [6.45, 7) is 0.0481. The van der Waals surface area contributed by atoms with Crippen molar-refractivity contribution < 1.29 is 8.42 Å². The molecule has 19 heavy (non-hydrogen) atoms. The maximum absolute atomic E-state index is 11.9. The summed E-state index contributed by atoms with van der Waals surface area (Å²) in [6, 6.07) is 6.83. The average Bonchev–Trinajstić information content (AvgIpc) is 3.07. The molecular weight excluding hydrogens is 268 g/mol. The van der Waals surface area contributed by atoms with Crippen molar-refractivity contribution in [3.63, 3.8) is 0 Å². The number of aromatic nitrogens is 5.